The van der Waals surface area contributed by atoms with Crippen molar-refractivity contribution in [2.24, 2.45) is 17.0 Å². The first-order valence-corrected chi connectivity index (χ1v) is 9.86. The standard InChI is InChI=1S/C13H18N2O6S2/c1-9-5-10(13(16)17)8-15(7-9)23(20,21)12-4-2-3-11(6-12)22(14,18)19/h2-4,6,9-10H,5,7-8H2,1H3,(H,16,17)(H2,14,18,19). The fourth-order valence-electron chi connectivity index (χ4n) is 2.64. The molecule has 2 unspecified atom stereocenters. The molecular weight excluding hydrogens is 344 g/mol. The summed E-state index contributed by atoms with van der Waals surface area (Å²) in [6, 6.07) is 4.74. The van der Waals surface area contributed by atoms with Crippen LogP contribution in [0.4, 0.5) is 0 Å². The van der Waals surface area contributed by atoms with Crippen molar-refractivity contribution in [3.8, 4) is 0 Å². The van der Waals surface area contributed by atoms with Crippen molar-refractivity contribution in [3.63, 3.8) is 0 Å². The van der Waals surface area contributed by atoms with Gasteiger partial charge in [-0.1, -0.05) is 13.0 Å². The molecule has 1 aliphatic heterocycles. The Balaban J connectivity index is 2.40. The average Bonchev–Trinajstić information content (AvgIpc) is 2.45. The van der Waals surface area contributed by atoms with Crippen LogP contribution < -0.4 is 5.14 Å². The first-order valence-electron chi connectivity index (χ1n) is 6.87. The van der Waals surface area contributed by atoms with Crippen LogP contribution in [0, 0.1) is 11.8 Å². The lowest BCUT2D eigenvalue weighted by Gasteiger charge is -2.33. The molecule has 8 nitrogen and oxygen atoms in total. The Morgan fingerprint density at radius 3 is 2.39 bits per heavy atom. The summed E-state index contributed by atoms with van der Waals surface area (Å²) in [7, 11) is -8.02. The zero-order valence-electron chi connectivity index (χ0n) is 12.4. The molecular formula is C13H18N2O6S2. The Morgan fingerprint density at radius 1 is 1.22 bits per heavy atom. The molecule has 10 heteroatoms. The van der Waals surface area contributed by atoms with Gasteiger partial charge in [-0.15, -0.1) is 0 Å². The van der Waals surface area contributed by atoms with Crippen LogP contribution in [0.5, 0.6) is 0 Å². The Labute approximate surface area is 135 Å². The molecule has 0 amide bonds. The van der Waals surface area contributed by atoms with Gasteiger partial charge in [0, 0.05) is 13.1 Å². The molecule has 1 aromatic carbocycles. The predicted octanol–water partition coefficient (Wildman–Crippen LogP) is 0.0653. The third-order valence-electron chi connectivity index (χ3n) is 3.75. The van der Waals surface area contributed by atoms with E-state index in [0.29, 0.717) is 6.42 Å². The maximum absolute atomic E-state index is 12.7. The second kappa shape index (κ2) is 6.19. The topological polar surface area (TPSA) is 135 Å². The van der Waals surface area contributed by atoms with Crippen LogP contribution in [0.2, 0.25) is 0 Å². The highest BCUT2D eigenvalue weighted by Gasteiger charge is 2.36. The summed E-state index contributed by atoms with van der Waals surface area (Å²) in [6.07, 6.45) is 0.401. The number of carboxylic acids is 1. The van der Waals surface area contributed by atoms with E-state index in [1.54, 1.807) is 6.92 Å². The minimum Gasteiger partial charge on any atom is -0.481 e. The van der Waals surface area contributed by atoms with Gasteiger partial charge in [0.2, 0.25) is 20.0 Å². The Morgan fingerprint density at radius 2 is 1.83 bits per heavy atom. The summed E-state index contributed by atoms with van der Waals surface area (Å²) in [5, 5.41) is 14.2. The second-order valence-electron chi connectivity index (χ2n) is 5.72. The van der Waals surface area contributed by atoms with Crippen molar-refractivity contribution < 1.29 is 26.7 Å². The number of nitrogens with two attached hydrogens (primary N) is 1. The summed E-state index contributed by atoms with van der Waals surface area (Å²) in [5.41, 5.74) is 0. The molecule has 1 saturated heterocycles. The van der Waals surface area contributed by atoms with Gasteiger partial charge in [-0.25, -0.2) is 22.0 Å². The van der Waals surface area contributed by atoms with Crippen molar-refractivity contribution in [1.82, 2.24) is 4.31 Å². The first kappa shape index (κ1) is 17.9. The molecule has 128 valence electrons. The highest BCUT2D eigenvalue weighted by atomic mass is 32.2. The summed E-state index contributed by atoms with van der Waals surface area (Å²) in [6.45, 7) is 1.83. The van der Waals surface area contributed by atoms with Gasteiger partial charge in [0.05, 0.1) is 15.7 Å². The number of sulfonamides is 2. The molecule has 0 aliphatic carbocycles. The minimum absolute atomic E-state index is 0.110. The molecule has 0 bridgehead atoms. The zero-order valence-corrected chi connectivity index (χ0v) is 14.0. The third kappa shape index (κ3) is 3.89. The number of hydrogen-bond acceptors (Lipinski definition) is 5. The van der Waals surface area contributed by atoms with Gasteiger partial charge in [0.1, 0.15) is 0 Å². The largest absolute Gasteiger partial charge is 0.481 e. The Hall–Kier alpha value is -1.49. The molecule has 1 aromatic rings. The summed E-state index contributed by atoms with van der Waals surface area (Å²) in [4.78, 5) is 10.7. The normalized spacial score (nSPS) is 23.6. The van der Waals surface area contributed by atoms with Gasteiger partial charge in [-0.3, -0.25) is 4.79 Å². The maximum atomic E-state index is 12.7. The Kier molecular flexibility index (Phi) is 4.81. The first-order chi connectivity index (χ1) is 10.5. The smallest absolute Gasteiger partial charge is 0.307 e. The van der Waals surface area contributed by atoms with Gasteiger partial charge in [0.25, 0.3) is 0 Å². The number of carboxylic acid groups (broad SMARTS) is 1. The highest BCUT2D eigenvalue weighted by Crippen LogP contribution is 2.27. The molecule has 1 fully saturated rings. The number of primary sulfonamides is 1. The summed E-state index contributed by atoms with van der Waals surface area (Å²) < 4.78 is 49.2. The van der Waals surface area contributed by atoms with Crippen molar-refractivity contribution in [2.75, 3.05) is 13.1 Å². The quantitative estimate of drug-likeness (QED) is 0.778. The molecule has 0 saturated carbocycles. The van der Waals surface area contributed by atoms with Crippen LogP contribution in [0.25, 0.3) is 0 Å². The summed E-state index contributed by atoms with van der Waals surface area (Å²) >= 11 is 0. The Bertz CT molecular complexity index is 819. The number of nitrogens with zero attached hydrogens (tertiary/aromatic N) is 1. The van der Waals surface area contributed by atoms with Gasteiger partial charge < -0.3 is 5.11 Å². The van der Waals surface area contributed by atoms with Gasteiger partial charge in [0.15, 0.2) is 0 Å². The van der Waals surface area contributed by atoms with Crippen LogP contribution in [-0.4, -0.2) is 45.3 Å². The maximum Gasteiger partial charge on any atom is 0.307 e. The molecule has 2 atom stereocenters. The van der Waals surface area contributed by atoms with E-state index in [9.17, 15) is 21.6 Å². The average molecular weight is 362 g/mol. The van der Waals surface area contributed by atoms with Gasteiger partial charge >= 0.3 is 5.97 Å². The van der Waals surface area contributed by atoms with Crippen LogP contribution in [0.15, 0.2) is 34.1 Å². The van der Waals surface area contributed by atoms with E-state index in [1.165, 1.54) is 18.2 Å². The van der Waals surface area contributed by atoms with E-state index in [4.69, 9.17) is 10.2 Å². The van der Waals surface area contributed by atoms with Gasteiger partial charge in [-0.2, -0.15) is 4.31 Å². The number of carbonyl (C=O) groups is 1. The number of aliphatic carboxylic acids is 1. The van der Waals surface area contributed by atoms with E-state index < -0.39 is 31.9 Å². The number of rotatable bonds is 4. The van der Waals surface area contributed by atoms with E-state index in [2.05, 4.69) is 0 Å². The van der Waals surface area contributed by atoms with Crippen molar-refractivity contribution >= 4 is 26.0 Å². The van der Waals surface area contributed by atoms with Crippen LogP contribution in [-0.2, 0) is 24.8 Å². The third-order valence-corrected chi connectivity index (χ3v) is 6.49. The number of piperidine rings is 1. The van der Waals surface area contributed by atoms with Crippen molar-refractivity contribution in [2.45, 2.75) is 23.1 Å². The van der Waals surface area contributed by atoms with E-state index in [1.807, 2.05) is 0 Å². The molecule has 1 aliphatic rings. The lowest BCUT2D eigenvalue weighted by atomic mass is 9.92. The number of hydrogen-bond donors (Lipinski definition) is 2. The molecule has 1 heterocycles. The summed E-state index contributed by atoms with van der Waals surface area (Å²) in [5.74, 6) is -1.94. The minimum atomic E-state index is -4.03. The van der Waals surface area contributed by atoms with Crippen LogP contribution in [0.1, 0.15) is 13.3 Å². The molecule has 0 spiro atoms. The monoisotopic (exact) mass is 362 g/mol. The van der Waals surface area contributed by atoms with E-state index >= 15 is 0 Å². The molecule has 23 heavy (non-hydrogen) atoms. The molecule has 2 rings (SSSR count). The van der Waals surface area contributed by atoms with Crippen LogP contribution in [0.3, 0.4) is 0 Å². The molecule has 0 aromatic heterocycles. The second-order valence-corrected chi connectivity index (χ2v) is 9.22. The fourth-order valence-corrected chi connectivity index (χ4v) is 4.92. The van der Waals surface area contributed by atoms with Crippen molar-refractivity contribution in [1.29, 1.82) is 0 Å². The lowest BCUT2D eigenvalue weighted by Crippen LogP contribution is -2.45. The lowest BCUT2D eigenvalue weighted by molar-refractivity contribution is -0.143. The van der Waals surface area contributed by atoms with E-state index in [-0.39, 0.29) is 28.8 Å². The van der Waals surface area contributed by atoms with E-state index in [0.717, 1.165) is 10.4 Å². The van der Waals surface area contributed by atoms with Crippen LogP contribution >= 0.6 is 0 Å². The number of benzene rings is 1. The fraction of sp³-hybridized carbons (Fsp3) is 0.462. The molecule has 3 N–H and O–H groups in total. The SMILES string of the molecule is CC1CC(C(=O)O)CN(S(=O)(=O)c2cccc(S(N)(=O)=O)c2)C1. The predicted molar refractivity (Wildman–Crippen MR) is 81.5 cm³/mol. The van der Waals surface area contributed by atoms with Crippen molar-refractivity contribution in [3.05, 3.63) is 24.3 Å². The zero-order chi connectivity index (χ0) is 17.4. The highest BCUT2D eigenvalue weighted by molar-refractivity contribution is 7.90. The van der Waals surface area contributed by atoms with Gasteiger partial charge in [-0.05, 0) is 30.5 Å². The molecule has 0 radical (unpaired) electrons.